The molecule has 0 radical (unpaired) electrons. The fourth-order valence-electron chi connectivity index (χ4n) is 5.63. The predicted molar refractivity (Wildman–Crippen MR) is 177 cm³/mol. The number of hydrogen-bond donors (Lipinski definition) is 2. The number of aromatic nitrogens is 6. The SMILES string of the molecule is CCCCCCCCCCCCCCCCS(=O)(=O)Nc1ccc(OC(CC)c2nnc3c(-n4cccn4)c(C)[nH]n23)cc1. The van der Waals surface area contributed by atoms with Gasteiger partial charge in [0.1, 0.15) is 11.4 Å². The van der Waals surface area contributed by atoms with Crippen molar-refractivity contribution in [3.05, 3.63) is 54.2 Å². The minimum Gasteiger partial charge on any atom is -0.482 e. The largest absolute Gasteiger partial charge is 0.482 e. The number of rotatable bonds is 22. The number of hydrogen-bond acceptors (Lipinski definition) is 6. The van der Waals surface area contributed by atoms with Crippen molar-refractivity contribution < 1.29 is 13.2 Å². The van der Waals surface area contributed by atoms with Gasteiger partial charge in [-0.05, 0) is 50.1 Å². The number of H-pyrrole nitrogens is 1. The second-order valence-corrected chi connectivity index (χ2v) is 13.7. The fourth-order valence-corrected chi connectivity index (χ4v) is 6.82. The van der Waals surface area contributed by atoms with Crippen LogP contribution in [0.5, 0.6) is 5.75 Å². The molecule has 3 aromatic heterocycles. The van der Waals surface area contributed by atoms with E-state index in [1.807, 2.05) is 30.6 Å². The maximum Gasteiger partial charge on any atom is 0.232 e. The molecular weight excluding hydrogens is 574 g/mol. The van der Waals surface area contributed by atoms with Crippen LogP contribution in [0.4, 0.5) is 5.69 Å². The van der Waals surface area contributed by atoms with E-state index in [-0.39, 0.29) is 11.9 Å². The van der Waals surface area contributed by atoms with Gasteiger partial charge in [0.15, 0.2) is 11.9 Å². The second kappa shape index (κ2) is 17.2. The van der Waals surface area contributed by atoms with Gasteiger partial charge in [0, 0.05) is 18.1 Å². The molecule has 0 aliphatic carbocycles. The number of nitrogens with zero attached hydrogens (tertiary/aromatic N) is 5. The van der Waals surface area contributed by atoms with Crippen LogP contribution in [-0.2, 0) is 10.0 Å². The number of anilines is 1. The summed E-state index contributed by atoms with van der Waals surface area (Å²) >= 11 is 0. The number of aryl methyl sites for hydroxylation is 1. The van der Waals surface area contributed by atoms with Crippen LogP contribution < -0.4 is 9.46 Å². The van der Waals surface area contributed by atoms with E-state index in [2.05, 4.69) is 32.0 Å². The molecule has 0 aliphatic heterocycles. The van der Waals surface area contributed by atoms with Gasteiger partial charge >= 0.3 is 0 Å². The lowest BCUT2D eigenvalue weighted by Gasteiger charge is -2.16. The van der Waals surface area contributed by atoms with Crippen molar-refractivity contribution >= 4 is 21.4 Å². The Morgan fingerprint density at radius 1 is 0.864 bits per heavy atom. The van der Waals surface area contributed by atoms with Crippen molar-refractivity contribution in [3.8, 4) is 11.4 Å². The Morgan fingerprint density at radius 2 is 1.48 bits per heavy atom. The van der Waals surface area contributed by atoms with Crippen molar-refractivity contribution in [2.24, 2.45) is 0 Å². The number of fused-ring (bicyclic) bond motifs is 1. The van der Waals surface area contributed by atoms with Crippen LogP contribution in [0.3, 0.4) is 0 Å². The molecule has 0 bridgehead atoms. The standard InChI is InChI=1S/C33H51N7O3S/c1-4-6-7-8-9-10-11-12-13-14-15-16-17-18-26-44(41,42)38-28-20-22-29(23-21-28)43-30(5-2)32-35-36-33-31(27(3)37-40(32)33)39-25-19-24-34-39/h19-25,30,37-38H,4-18,26H2,1-3H3. The molecule has 11 heteroatoms. The summed E-state index contributed by atoms with van der Waals surface area (Å²) < 4.78 is 37.9. The van der Waals surface area contributed by atoms with E-state index < -0.39 is 10.0 Å². The molecule has 0 spiro atoms. The molecule has 4 aromatic rings. The Labute approximate surface area is 263 Å². The molecule has 242 valence electrons. The number of aromatic amines is 1. The van der Waals surface area contributed by atoms with Gasteiger partial charge in [-0.2, -0.15) is 5.10 Å². The summed E-state index contributed by atoms with van der Waals surface area (Å²) in [6, 6.07) is 8.89. The Kier molecular flexibility index (Phi) is 13.1. The summed E-state index contributed by atoms with van der Waals surface area (Å²) in [5.41, 5.74) is 2.96. The lowest BCUT2D eigenvalue weighted by atomic mass is 10.0. The zero-order valence-electron chi connectivity index (χ0n) is 26.8. The first kappa shape index (κ1) is 33.6. The van der Waals surface area contributed by atoms with Crippen molar-refractivity contribution in [1.82, 2.24) is 29.6 Å². The molecule has 0 fully saturated rings. The van der Waals surface area contributed by atoms with E-state index in [0.717, 1.165) is 24.2 Å². The van der Waals surface area contributed by atoms with Gasteiger partial charge in [0.2, 0.25) is 15.7 Å². The number of ether oxygens (including phenoxy) is 1. The van der Waals surface area contributed by atoms with E-state index in [1.54, 1.807) is 35.1 Å². The maximum absolute atomic E-state index is 12.7. The monoisotopic (exact) mass is 625 g/mol. The lowest BCUT2D eigenvalue weighted by Crippen LogP contribution is -2.16. The van der Waals surface area contributed by atoms with Gasteiger partial charge in [-0.15, -0.1) is 10.2 Å². The van der Waals surface area contributed by atoms with Gasteiger partial charge in [-0.25, -0.2) is 17.6 Å². The molecule has 3 heterocycles. The minimum absolute atomic E-state index is 0.139. The first-order chi connectivity index (χ1) is 21.4. The summed E-state index contributed by atoms with van der Waals surface area (Å²) in [7, 11) is -3.40. The van der Waals surface area contributed by atoms with Gasteiger partial charge in [-0.3, -0.25) is 9.82 Å². The summed E-state index contributed by atoms with van der Waals surface area (Å²) in [6.07, 6.45) is 21.3. The molecule has 1 atom stereocenters. The van der Waals surface area contributed by atoms with Crippen LogP contribution in [-0.4, -0.2) is 43.8 Å². The van der Waals surface area contributed by atoms with Crippen LogP contribution in [0.2, 0.25) is 0 Å². The molecule has 0 aliphatic rings. The highest BCUT2D eigenvalue weighted by atomic mass is 32.2. The van der Waals surface area contributed by atoms with Crippen molar-refractivity contribution in [2.75, 3.05) is 10.5 Å². The van der Waals surface area contributed by atoms with E-state index in [9.17, 15) is 8.42 Å². The zero-order chi connectivity index (χ0) is 31.2. The molecule has 2 N–H and O–H groups in total. The Hall–Kier alpha value is -3.34. The number of sulfonamides is 1. The molecule has 1 aromatic carbocycles. The van der Waals surface area contributed by atoms with Crippen LogP contribution in [0.25, 0.3) is 11.3 Å². The molecule has 0 saturated heterocycles. The zero-order valence-corrected chi connectivity index (χ0v) is 27.6. The molecule has 0 amide bonds. The average molecular weight is 626 g/mol. The third-order valence-corrected chi connectivity index (χ3v) is 9.47. The normalized spacial score (nSPS) is 12.6. The maximum atomic E-state index is 12.7. The third-order valence-electron chi connectivity index (χ3n) is 8.10. The molecule has 0 saturated carbocycles. The van der Waals surface area contributed by atoms with Crippen molar-refractivity contribution in [1.29, 1.82) is 0 Å². The number of unbranched alkanes of at least 4 members (excludes halogenated alkanes) is 13. The smallest absolute Gasteiger partial charge is 0.232 e. The topological polar surface area (TPSA) is 119 Å². The predicted octanol–water partition coefficient (Wildman–Crippen LogP) is 8.30. The highest BCUT2D eigenvalue weighted by Gasteiger charge is 2.23. The molecule has 44 heavy (non-hydrogen) atoms. The summed E-state index contributed by atoms with van der Waals surface area (Å²) in [4.78, 5) is 0. The molecular formula is C33H51N7O3S. The third kappa shape index (κ3) is 9.84. The van der Waals surface area contributed by atoms with E-state index in [0.29, 0.717) is 35.8 Å². The van der Waals surface area contributed by atoms with Crippen molar-refractivity contribution in [2.45, 2.75) is 123 Å². The lowest BCUT2D eigenvalue weighted by molar-refractivity contribution is 0.188. The summed E-state index contributed by atoms with van der Waals surface area (Å²) in [5, 5.41) is 16.4. The van der Waals surface area contributed by atoms with Crippen molar-refractivity contribution in [3.63, 3.8) is 0 Å². The summed E-state index contributed by atoms with van der Waals surface area (Å²) in [6.45, 7) is 6.25. The van der Waals surface area contributed by atoms with E-state index in [4.69, 9.17) is 4.74 Å². The van der Waals surface area contributed by atoms with Gasteiger partial charge < -0.3 is 4.74 Å². The quantitative estimate of drug-likeness (QED) is 0.0848. The number of nitrogens with one attached hydrogen (secondary N) is 2. The van der Waals surface area contributed by atoms with E-state index >= 15 is 0 Å². The first-order valence-electron chi connectivity index (χ1n) is 16.6. The molecule has 10 nitrogen and oxygen atoms in total. The van der Waals surface area contributed by atoms with E-state index in [1.165, 1.54) is 70.6 Å². The first-order valence-corrected chi connectivity index (χ1v) is 18.3. The Balaban J connectivity index is 1.16. The Bertz CT molecular complexity index is 1480. The van der Waals surface area contributed by atoms with Crippen LogP contribution >= 0.6 is 0 Å². The van der Waals surface area contributed by atoms with Crippen LogP contribution in [0, 0.1) is 6.92 Å². The highest BCUT2D eigenvalue weighted by molar-refractivity contribution is 7.92. The summed E-state index contributed by atoms with van der Waals surface area (Å²) in [5.74, 6) is 1.42. The molecule has 1 unspecified atom stereocenters. The average Bonchev–Trinajstić information content (AvgIpc) is 3.74. The highest BCUT2D eigenvalue weighted by Crippen LogP contribution is 2.28. The number of benzene rings is 1. The minimum atomic E-state index is -3.40. The van der Waals surface area contributed by atoms with Crippen LogP contribution in [0.15, 0.2) is 42.7 Å². The second-order valence-electron chi connectivity index (χ2n) is 11.8. The van der Waals surface area contributed by atoms with Gasteiger partial charge in [0.05, 0.1) is 11.4 Å². The molecule has 4 rings (SSSR count). The fraction of sp³-hybridized carbons (Fsp3) is 0.606. The van der Waals surface area contributed by atoms with Gasteiger partial charge in [0.25, 0.3) is 0 Å². The van der Waals surface area contributed by atoms with Gasteiger partial charge in [-0.1, -0.05) is 97.3 Å². The Morgan fingerprint density at radius 3 is 2.05 bits per heavy atom. The van der Waals surface area contributed by atoms with Crippen LogP contribution in [0.1, 0.15) is 128 Å².